The van der Waals surface area contributed by atoms with Crippen LogP contribution in [0, 0.1) is 5.82 Å². The molecule has 4 heterocycles. The van der Waals surface area contributed by atoms with E-state index in [0.717, 1.165) is 11.1 Å². The fraction of sp³-hybridized carbons (Fsp3) is 0.0312. The first-order valence-corrected chi connectivity index (χ1v) is 13.4. The van der Waals surface area contributed by atoms with E-state index in [0.29, 0.717) is 50.9 Å². The van der Waals surface area contributed by atoms with Crippen LogP contribution in [0.5, 0.6) is 11.6 Å². The SMILES string of the molecule is Cn1cc(-c2oc3ncnc(Oc4ccc(NC(=O)c5cc(-c6ccc(F)cc6)on5)cc4)c3c2-c2cccc(N)c2)cn1. The summed E-state index contributed by atoms with van der Waals surface area (Å²) in [5, 5.41) is 11.5. The average Bonchev–Trinajstić information content (AvgIpc) is 3.77. The van der Waals surface area contributed by atoms with Gasteiger partial charge in [0.1, 0.15) is 29.0 Å². The van der Waals surface area contributed by atoms with Crippen molar-refractivity contribution in [1.29, 1.82) is 0 Å². The lowest BCUT2D eigenvalue weighted by Gasteiger charge is -2.09. The van der Waals surface area contributed by atoms with Crippen molar-refractivity contribution in [3.63, 3.8) is 0 Å². The maximum absolute atomic E-state index is 13.2. The van der Waals surface area contributed by atoms with Gasteiger partial charge in [-0.2, -0.15) is 5.10 Å². The van der Waals surface area contributed by atoms with Gasteiger partial charge in [0.15, 0.2) is 11.5 Å². The van der Waals surface area contributed by atoms with E-state index in [1.165, 1.54) is 24.5 Å². The number of halogens is 1. The lowest BCUT2D eigenvalue weighted by atomic mass is 10.0. The first-order chi connectivity index (χ1) is 21.4. The molecule has 0 saturated carbocycles. The van der Waals surface area contributed by atoms with Crippen LogP contribution in [0.15, 0.2) is 107 Å². The van der Waals surface area contributed by atoms with Crippen LogP contribution in [-0.4, -0.2) is 30.8 Å². The molecule has 3 N–H and O–H groups in total. The third-order valence-corrected chi connectivity index (χ3v) is 6.79. The Bertz CT molecular complexity index is 2130. The predicted molar refractivity (Wildman–Crippen MR) is 160 cm³/mol. The summed E-state index contributed by atoms with van der Waals surface area (Å²) in [4.78, 5) is 21.5. The van der Waals surface area contributed by atoms with Gasteiger partial charge in [0, 0.05) is 41.8 Å². The Hall–Kier alpha value is -6.30. The number of furan rings is 1. The van der Waals surface area contributed by atoms with Gasteiger partial charge in [-0.3, -0.25) is 9.48 Å². The standard InChI is InChI=1S/C32H22FN7O4/c1-40-16-20(15-37-40)29-27(19-3-2-4-22(34)13-19)28-31(35-17-36-32(28)43-29)42-24-11-9-23(10-12-24)38-30(41)25-14-26(44-39-25)18-5-7-21(33)8-6-18/h2-17H,34H2,1H3,(H,38,41). The largest absolute Gasteiger partial charge is 0.438 e. The Kier molecular flexibility index (Phi) is 6.55. The number of nitrogens with one attached hydrogen (secondary N) is 1. The minimum atomic E-state index is -0.471. The van der Waals surface area contributed by atoms with Crippen molar-refractivity contribution in [2.45, 2.75) is 0 Å². The third kappa shape index (κ3) is 5.11. The molecule has 3 aromatic carbocycles. The number of aryl methyl sites for hydroxylation is 1. The van der Waals surface area contributed by atoms with Crippen molar-refractivity contribution in [2.75, 3.05) is 11.1 Å². The molecule has 0 radical (unpaired) electrons. The number of anilines is 2. The maximum atomic E-state index is 13.2. The van der Waals surface area contributed by atoms with Gasteiger partial charge in [0.05, 0.1) is 11.8 Å². The van der Waals surface area contributed by atoms with Crippen molar-refractivity contribution in [1.82, 2.24) is 24.9 Å². The number of carbonyl (C=O) groups is 1. The van der Waals surface area contributed by atoms with E-state index in [9.17, 15) is 9.18 Å². The molecule has 0 saturated heterocycles. The van der Waals surface area contributed by atoms with Crippen molar-refractivity contribution in [3.8, 4) is 45.4 Å². The second-order valence-electron chi connectivity index (χ2n) is 9.86. The molecule has 0 aliphatic rings. The number of rotatable bonds is 7. The third-order valence-electron chi connectivity index (χ3n) is 6.79. The highest BCUT2D eigenvalue weighted by molar-refractivity contribution is 6.04. The smallest absolute Gasteiger partial charge is 0.277 e. The van der Waals surface area contributed by atoms with Crippen LogP contribution >= 0.6 is 0 Å². The second-order valence-corrected chi connectivity index (χ2v) is 9.86. The number of nitrogen functional groups attached to an aromatic ring is 1. The van der Waals surface area contributed by atoms with Gasteiger partial charge in [-0.25, -0.2) is 14.4 Å². The van der Waals surface area contributed by atoms with Crippen LogP contribution in [-0.2, 0) is 7.05 Å². The molecule has 4 aromatic heterocycles. The Balaban J connectivity index is 1.16. The molecule has 1 amide bonds. The lowest BCUT2D eigenvalue weighted by Crippen LogP contribution is -2.11. The van der Waals surface area contributed by atoms with Crippen LogP contribution in [0.3, 0.4) is 0 Å². The van der Waals surface area contributed by atoms with Gasteiger partial charge in [-0.05, 0) is 66.2 Å². The number of nitrogens with two attached hydrogens (primary N) is 1. The molecule has 11 nitrogen and oxygen atoms in total. The molecule has 0 aliphatic carbocycles. The van der Waals surface area contributed by atoms with E-state index in [4.69, 9.17) is 19.4 Å². The Labute approximate surface area is 248 Å². The summed E-state index contributed by atoms with van der Waals surface area (Å²) >= 11 is 0. The van der Waals surface area contributed by atoms with E-state index >= 15 is 0 Å². The minimum absolute atomic E-state index is 0.0754. The zero-order valence-corrected chi connectivity index (χ0v) is 23.1. The average molecular weight is 588 g/mol. The molecule has 0 fully saturated rings. The lowest BCUT2D eigenvalue weighted by molar-refractivity contribution is 0.101. The maximum Gasteiger partial charge on any atom is 0.277 e. The Morgan fingerprint density at radius 1 is 0.977 bits per heavy atom. The second kappa shape index (κ2) is 10.8. The molecule has 7 aromatic rings. The monoisotopic (exact) mass is 587 g/mol. The first kappa shape index (κ1) is 26.6. The van der Waals surface area contributed by atoms with E-state index in [-0.39, 0.29) is 17.4 Å². The Morgan fingerprint density at radius 3 is 2.55 bits per heavy atom. The number of amides is 1. The number of nitrogens with zero attached hydrogens (tertiary/aromatic N) is 5. The summed E-state index contributed by atoms with van der Waals surface area (Å²) in [6, 6.07) is 21.4. The fourth-order valence-electron chi connectivity index (χ4n) is 4.74. The summed E-state index contributed by atoms with van der Waals surface area (Å²) in [6.07, 6.45) is 4.91. The van der Waals surface area contributed by atoms with Crippen LogP contribution in [0.4, 0.5) is 15.8 Å². The van der Waals surface area contributed by atoms with Crippen molar-refractivity contribution < 1.29 is 22.9 Å². The van der Waals surface area contributed by atoms with Crippen LogP contribution in [0.1, 0.15) is 10.5 Å². The normalized spacial score (nSPS) is 11.1. The molecule has 44 heavy (non-hydrogen) atoms. The number of fused-ring (bicyclic) bond motifs is 1. The number of ether oxygens (including phenoxy) is 1. The van der Waals surface area contributed by atoms with Crippen LogP contribution in [0.25, 0.3) is 44.9 Å². The van der Waals surface area contributed by atoms with E-state index in [1.54, 1.807) is 53.3 Å². The molecular weight excluding hydrogens is 565 g/mol. The summed E-state index contributed by atoms with van der Waals surface area (Å²) < 4.78 is 32.6. The summed E-state index contributed by atoms with van der Waals surface area (Å²) in [7, 11) is 1.82. The number of aromatic nitrogens is 5. The van der Waals surface area contributed by atoms with Gasteiger partial charge >= 0.3 is 0 Å². The van der Waals surface area contributed by atoms with Crippen LogP contribution < -0.4 is 15.8 Å². The van der Waals surface area contributed by atoms with Crippen molar-refractivity contribution in [3.05, 3.63) is 109 Å². The number of hydrogen-bond donors (Lipinski definition) is 2. The highest BCUT2D eigenvalue weighted by Crippen LogP contribution is 2.44. The van der Waals surface area contributed by atoms with Crippen molar-refractivity contribution in [2.24, 2.45) is 7.05 Å². The highest BCUT2D eigenvalue weighted by Gasteiger charge is 2.24. The number of hydrogen-bond acceptors (Lipinski definition) is 9. The van der Waals surface area contributed by atoms with Gasteiger partial charge in [0.25, 0.3) is 5.91 Å². The quantitative estimate of drug-likeness (QED) is 0.194. The molecule has 0 aliphatic heterocycles. The topological polar surface area (TPSA) is 147 Å². The van der Waals surface area contributed by atoms with E-state index in [2.05, 4.69) is 25.5 Å². The number of carbonyl (C=O) groups excluding carboxylic acids is 1. The molecule has 12 heteroatoms. The molecule has 216 valence electrons. The predicted octanol–water partition coefficient (Wildman–Crippen LogP) is 6.71. The van der Waals surface area contributed by atoms with Gasteiger partial charge < -0.3 is 24.7 Å². The fourth-order valence-corrected chi connectivity index (χ4v) is 4.74. The van der Waals surface area contributed by atoms with Gasteiger partial charge in [-0.15, -0.1) is 0 Å². The van der Waals surface area contributed by atoms with Crippen LogP contribution in [0.2, 0.25) is 0 Å². The first-order valence-electron chi connectivity index (χ1n) is 13.4. The summed E-state index contributed by atoms with van der Waals surface area (Å²) in [5.41, 5.74) is 10.5. The Morgan fingerprint density at radius 2 is 1.80 bits per heavy atom. The summed E-state index contributed by atoms with van der Waals surface area (Å²) in [6.45, 7) is 0. The molecule has 0 atom stereocenters. The highest BCUT2D eigenvalue weighted by atomic mass is 19.1. The van der Waals surface area contributed by atoms with Crippen molar-refractivity contribution >= 4 is 28.4 Å². The van der Waals surface area contributed by atoms with E-state index < -0.39 is 5.91 Å². The van der Waals surface area contributed by atoms with Gasteiger partial charge in [-0.1, -0.05) is 17.3 Å². The zero-order chi connectivity index (χ0) is 30.2. The molecule has 0 bridgehead atoms. The summed E-state index contributed by atoms with van der Waals surface area (Å²) in [5.74, 6) is 0.797. The zero-order valence-electron chi connectivity index (χ0n) is 23.1. The molecule has 0 unspecified atom stereocenters. The number of benzene rings is 3. The van der Waals surface area contributed by atoms with E-state index in [1.807, 2.05) is 31.4 Å². The molecule has 0 spiro atoms. The minimum Gasteiger partial charge on any atom is -0.438 e. The van der Waals surface area contributed by atoms with Gasteiger partial charge in [0.2, 0.25) is 11.6 Å². The molecular formula is C32H22FN7O4. The molecule has 7 rings (SSSR count).